The topological polar surface area (TPSA) is 47.6 Å². The Morgan fingerprint density at radius 3 is 2.75 bits per heavy atom. The summed E-state index contributed by atoms with van der Waals surface area (Å²) in [6.45, 7) is 4.85. The van der Waals surface area contributed by atoms with Crippen molar-refractivity contribution < 1.29 is 14.3 Å². The molecule has 4 heteroatoms. The maximum Gasteiger partial charge on any atom is 0.302 e. The number of piperidine rings is 1. The lowest BCUT2D eigenvalue weighted by Crippen LogP contribution is -2.48. The summed E-state index contributed by atoms with van der Waals surface area (Å²) in [5.41, 5.74) is 0.123. The number of hydrogen-bond acceptors (Lipinski definition) is 4. The molecule has 0 amide bonds. The van der Waals surface area contributed by atoms with Crippen molar-refractivity contribution in [2.45, 2.75) is 38.2 Å². The van der Waals surface area contributed by atoms with E-state index in [2.05, 4.69) is 5.32 Å². The summed E-state index contributed by atoms with van der Waals surface area (Å²) in [6.07, 6.45) is 4.47. The van der Waals surface area contributed by atoms with Crippen LogP contribution in [0, 0.1) is 5.92 Å². The minimum Gasteiger partial charge on any atom is -0.465 e. The highest BCUT2D eigenvalue weighted by Crippen LogP contribution is 2.34. The first-order valence-corrected chi connectivity index (χ1v) is 6.18. The molecule has 2 saturated heterocycles. The number of carbonyl (C=O) groups excluding carboxylic acids is 1. The van der Waals surface area contributed by atoms with Crippen LogP contribution in [0.2, 0.25) is 0 Å². The molecule has 0 aromatic rings. The fraction of sp³-hybridized carbons (Fsp3) is 0.917. The van der Waals surface area contributed by atoms with E-state index in [4.69, 9.17) is 9.47 Å². The Kier molecular flexibility index (Phi) is 3.82. The second kappa shape index (κ2) is 5.15. The van der Waals surface area contributed by atoms with E-state index >= 15 is 0 Å². The van der Waals surface area contributed by atoms with Crippen LogP contribution < -0.4 is 5.32 Å². The van der Waals surface area contributed by atoms with Crippen molar-refractivity contribution in [3.63, 3.8) is 0 Å². The zero-order chi connectivity index (χ0) is 11.4. The summed E-state index contributed by atoms with van der Waals surface area (Å²) in [6, 6.07) is 0. The monoisotopic (exact) mass is 227 g/mol. The molecular formula is C12H21NO3. The molecule has 0 aliphatic carbocycles. The van der Waals surface area contributed by atoms with E-state index in [1.54, 1.807) is 0 Å². The molecule has 16 heavy (non-hydrogen) atoms. The van der Waals surface area contributed by atoms with Gasteiger partial charge in [-0.05, 0) is 38.8 Å². The van der Waals surface area contributed by atoms with Gasteiger partial charge in [-0.2, -0.15) is 0 Å². The van der Waals surface area contributed by atoms with Crippen molar-refractivity contribution in [3.05, 3.63) is 0 Å². The smallest absolute Gasteiger partial charge is 0.302 e. The van der Waals surface area contributed by atoms with Crippen molar-refractivity contribution in [2.75, 3.05) is 26.3 Å². The predicted molar refractivity (Wildman–Crippen MR) is 60.1 cm³/mol. The average Bonchev–Trinajstić information content (AvgIpc) is 2.29. The van der Waals surface area contributed by atoms with Crippen LogP contribution in [-0.2, 0) is 14.3 Å². The van der Waals surface area contributed by atoms with Gasteiger partial charge < -0.3 is 14.8 Å². The normalized spacial score (nSPS) is 28.9. The molecule has 2 aliphatic rings. The highest BCUT2D eigenvalue weighted by Gasteiger charge is 2.37. The van der Waals surface area contributed by atoms with Gasteiger partial charge in [0.05, 0.1) is 18.8 Å². The van der Waals surface area contributed by atoms with Gasteiger partial charge in [-0.1, -0.05) is 0 Å². The highest BCUT2D eigenvalue weighted by molar-refractivity contribution is 5.65. The first-order valence-electron chi connectivity index (χ1n) is 6.18. The Morgan fingerprint density at radius 2 is 2.19 bits per heavy atom. The molecule has 1 spiro atoms. The third kappa shape index (κ3) is 2.95. The first-order chi connectivity index (χ1) is 7.70. The SMILES string of the molecule is CC(=O)OC[C@@H]1CCC2(CCNCC2)OC1. The molecule has 1 atom stereocenters. The Labute approximate surface area is 96.7 Å². The second-order valence-electron chi connectivity index (χ2n) is 4.95. The van der Waals surface area contributed by atoms with Gasteiger partial charge in [-0.25, -0.2) is 0 Å². The highest BCUT2D eigenvalue weighted by atomic mass is 16.5. The first kappa shape index (κ1) is 11.9. The van der Waals surface area contributed by atoms with Crippen LogP contribution >= 0.6 is 0 Å². The molecule has 4 nitrogen and oxygen atoms in total. The zero-order valence-corrected chi connectivity index (χ0v) is 9.96. The molecule has 0 bridgehead atoms. The molecule has 1 N–H and O–H groups in total. The van der Waals surface area contributed by atoms with Gasteiger partial charge in [0.1, 0.15) is 0 Å². The minimum absolute atomic E-state index is 0.123. The summed E-state index contributed by atoms with van der Waals surface area (Å²) in [4.78, 5) is 10.7. The predicted octanol–water partition coefficient (Wildman–Crippen LogP) is 1.10. The third-order valence-corrected chi connectivity index (χ3v) is 3.67. The molecule has 2 aliphatic heterocycles. The van der Waals surface area contributed by atoms with Gasteiger partial charge in [0.15, 0.2) is 0 Å². The van der Waals surface area contributed by atoms with Crippen molar-refractivity contribution in [2.24, 2.45) is 5.92 Å². The summed E-state index contributed by atoms with van der Waals surface area (Å²) < 4.78 is 11.0. The Hall–Kier alpha value is -0.610. The summed E-state index contributed by atoms with van der Waals surface area (Å²) in [5, 5.41) is 3.36. The maximum absolute atomic E-state index is 10.7. The summed E-state index contributed by atoms with van der Waals surface area (Å²) >= 11 is 0. The van der Waals surface area contributed by atoms with Crippen molar-refractivity contribution in [1.82, 2.24) is 5.32 Å². The summed E-state index contributed by atoms with van der Waals surface area (Å²) in [5.74, 6) is 0.201. The van der Waals surface area contributed by atoms with Crippen molar-refractivity contribution in [3.8, 4) is 0 Å². The standard InChI is InChI=1S/C12H21NO3/c1-10(14)15-8-11-2-3-12(16-9-11)4-6-13-7-5-12/h11,13H,2-9H2,1H3/t11-/m0/s1. The van der Waals surface area contributed by atoms with Crippen LogP contribution in [-0.4, -0.2) is 37.9 Å². The van der Waals surface area contributed by atoms with Gasteiger partial charge in [0, 0.05) is 12.8 Å². The van der Waals surface area contributed by atoms with Crippen LogP contribution in [0.3, 0.4) is 0 Å². The fourth-order valence-electron chi connectivity index (χ4n) is 2.56. The zero-order valence-electron chi connectivity index (χ0n) is 9.96. The fourth-order valence-corrected chi connectivity index (χ4v) is 2.56. The average molecular weight is 227 g/mol. The van der Waals surface area contributed by atoms with E-state index < -0.39 is 0 Å². The van der Waals surface area contributed by atoms with Crippen LogP contribution in [0.4, 0.5) is 0 Å². The van der Waals surface area contributed by atoms with E-state index in [1.165, 1.54) is 6.92 Å². The van der Waals surface area contributed by atoms with Gasteiger partial charge >= 0.3 is 5.97 Å². The van der Waals surface area contributed by atoms with E-state index in [0.717, 1.165) is 45.4 Å². The van der Waals surface area contributed by atoms with E-state index in [0.29, 0.717) is 12.5 Å². The van der Waals surface area contributed by atoms with E-state index in [9.17, 15) is 4.79 Å². The quantitative estimate of drug-likeness (QED) is 0.718. The van der Waals surface area contributed by atoms with Gasteiger partial charge in [-0.3, -0.25) is 4.79 Å². The molecule has 0 saturated carbocycles. The minimum atomic E-state index is -0.192. The van der Waals surface area contributed by atoms with Crippen LogP contribution in [0.1, 0.15) is 32.6 Å². The van der Waals surface area contributed by atoms with Gasteiger partial charge in [0.25, 0.3) is 0 Å². The lowest BCUT2D eigenvalue weighted by atomic mass is 9.82. The molecule has 2 rings (SSSR count). The van der Waals surface area contributed by atoms with Crippen LogP contribution in [0.25, 0.3) is 0 Å². The Bertz CT molecular complexity index is 239. The molecule has 92 valence electrons. The largest absolute Gasteiger partial charge is 0.465 e. The van der Waals surface area contributed by atoms with Crippen molar-refractivity contribution in [1.29, 1.82) is 0 Å². The van der Waals surface area contributed by atoms with Crippen LogP contribution in [0.15, 0.2) is 0 Å². The molecular weight excluding hydrogens is 206 g/mol. The lowest BCUT2D eigenvalue weighted by molar-refractivity contribution is -0.150. The molecule has 2 fully saturated rings. The number of ether oxygens (including phenoxy) is 2. The maximum atomic E-state index is 10.7. The molecule has 0 aromatic carbocycles. The number of carbonyl (C=O) groups is 1. The number of nitrogens with one attached hydrogen (secondary N) is 1. The number of esters is 1. The molecule has 0 unspecified atom stereocenters. The van der Waals surface area contributed by atoms with Crippen molar-refractivity contribution >= 4 is 5.97 Å². The molecule has 2 heterocycles. The lowest BCUT2D eigenvalue weighted by Gasteiger charge is -2.42. The number of rotatable bonds is 2. The van der Waals surface area contributed by atoms with Gasteiger partial charge in [0.2, 0.25) is 0 Å². The van der Waals surface area contributed by atoms with E-state index in [1.807, 2.05) is 0 Å². The Balaban J connectivity index is 1.75. The van der Waals surface area contributed by atoms with Gasteiger partial charge in [-0.15, -0.1) is 0 Å². The summed E-state index contributed by atoms with van der Waals surface area (Å²) in [7, 11) is 0. The third-order valence-electron chi connectivity index (χ3n) is 3.67. The number of hydrogen-bond donors (Lipinski definition) is 1. The van der Waals surface area contributed by atoms with Crippen LogP contribution in [0.5, 0.6) is 0 Å². The second-order valence-corrected chi connectivity index (χ2v) is 4.95. The molecule has 0 radical (unpaired) electrons. The van der Waals surface area contributed by atoms with E-state index in [-0.39, 0.29) is 11.6 Å². The molecule has 0 aromatic heterocycles. The Morgan fingerprint density at radius 1 is 1.44 bits per heavy atom.